The van der Waals surface area contributed by atoms with Crippen LogP contribution in [0.1, 0.15) is 39.5 Å². The molecule has 1 rings (SSSR count). The Hall–Kier alpha value is -0.963. The van der Waals surface area contributed by atoms with Crippen molar-refractivity contribution in [3.63, 3.8) is 0 Å². The average molecular weight is 347 g/mol. The van der Waals surface area contributed by atoms with E-state index in [1.165, 1.54) is 6.92 Å². The molecule has 0 saturated carbocycles. The van der Waals surface area contributed by atoms with Crippen LogP contribution in [0.4, 0.5) is 0 Å². The normalized spacial score (nSPS) is 26.6. The van der Waals surface area contributed by atoms with Gasteiger partial charge in [0.2, 0.25) is 11.8 Å². The van der Waals surface area contributed by atoms with E-state index in [0.717, 1.165) is 31.7 Å². The van der Waals surface area contributed by atoms with Crippen LogP contribution in [0.25, 0.3) is 0 Å². The molecule has 0 aromatic carbocycles. The Morgan fingerprint density at radius 1 is 1.26 bits per heavy atom. The number of amides is 2. The van der Waals surface area contributed by atoms with Crippen LogP contribution >= 0.6 is 0 Å². The molecule has 0 spiro atoms. The molecule has 1 aliphatic rings. The monoisotopic (exact) mass is 346 g/mol. The van der Waals surface area contributed by atoms with Crippen molar-refractivity contribution in [2.24, 2.45) is 0 Å². The van der Waals surface area contributed by atoms with Gasteiger partial charge in [0.15, 0.2) is 0 Å². The summed E-state index contributed by atoms with van der Waals surface area (Å²) in [5.41, 5.74) is 0. The summed E-state index contributed by atoms with van der Waals surface area (Å²) in [6.07, 6.45) is 3.37. The first-order valence-electron chi connectivity index (χ1n) is 8.10. The van der Waals surface area contributed by atoms with Gasteiger partial charge in [0.1, 0.15) is 5.22 Å². The van der Waals surface area contributed by atoms with E-state index in [0.29, 0.717) is 0 Å². The van der Waals surface area contributed by atoms with Crippen molar-refractivity contribution in [3.05, 3.63) is 0 Å². The minimum atomic E-state index is -2.63. The summed E-state index contributed by atoms with van der Waals surface area (Å²) >= 11 is 0. The van der Waals surface area contributed by atoms with E-state index in [1.807, 2.05) is 0 Å². The van der Waals surface area contributed by atoms with Crippen molar-refractivity contribution >= 4 is 20.4 Å². The molecule has 2 amide bonds. The number of hydrogen-bond donors (Lipinski definition) is 2. The lowest BCUT2D eigenvalue weighted by Gasteiger charge is -2.52. The van der Waals surface area contributed by atoms with Gasteiger partial charge in [-0.2, -0.15) is 0 Å². The molecule has 0 aromatic heterocycles. The lowest BCUT2D eigenvalue weighted by molar-refractivity contribution is -0.127. The van der Waals surface area contributed by atoms with Gasteiger partial charge in [0, 0.05) is 28.3 Å². The van der Waals surface area contributed by atoms with Gasteiger partial charge >= 0.3 is 8.56 Å². The number of ether oxygens (including phenoxy) is 1. The Kier molecular flexibility index (Phi) is 7.66. The highest BCUT2D eigenvalue weighted by atomic mass is 28.4. The maximum atomic E-state index is 12.2. The summed E-state index contributed by atoms with van der Waals surface area (Å²) in [4.78, 5) is 23.1. The third-order valence-electron chi connectivity index (χ3n) is 4.68. The summed E-state index contributed by atoms with van der Waals surface area (Å²) in [7, 11) is 2.36. The minimum absolute atomic E-state index is 0.0354. The summed E-state index contributed by atoms with van der Waals surface area (Å²) in [5, 5.41) is 4.91. The van der Waals surface area contributed by atoms with Crippen LogP contribution in [0.15, 0.2) is 0 Å². The second kappa shape index (κ2) is 8.77. The second-order valence-electron chi connectivity index (χ2n) is 5.93. The number of hydrogen-bond acceptors (Lipinski definition) is 5. The summed E-state index contributed by atoms with van der Waals surface area (Å²) in [6.45, 7) is 3.43. The average Bonchev–Trinajstić information content (AvgIpc) is 2.54. The van der Waals surface area contributed by atoms with Crippen LogP contribution in [-0.2, 0) is 23.2 Å². The smallest absolute Gasteiger partial charge is 0.372 e. The molecular formula is C15H30N2O5Si. The van der Waals surface area contributed by atoms with Crippen molar-refractivity contribution in [2.75, 3.05) is 27.9 Å². The first-order valence-corrected chi connectivity index (χ1v) is 10.1. The van der Waals surface area contributed by atoms with Crippen LogP contribution in [0.2, 0.25) is 6.04 Å². The maximum absolute atomic E-state index is 12.2. The van der Waals surface area contributed by atoms with E-state index >= 15 is 0 Å². The number of rotatable bonds is 8. The molecule has 1 heterocycles. The van der Waals surface area contributed by atoms with E-state index in [-0.39, 0.29) is 24.4 Å². The summed E-state index contributed by atoms with van der Waals surface area (Å²) < 4.78 is 17.7. The zero-order chi connectivity index (χ0) is 17.5. The van der Waals surface area contributed by atoms with Crippen LogP contribution < -0.4 is 10.6 Å². The fourth-order valence-electron chi connectivity index (χ4n) is 3.66. The predicted molar refractivity (Wildman–Crippen MR) is 89.1 cm³/mol. The van der Waals surface area contributed by atoms with E-state index < -0.39 is 13.8 Å². The first kappa shape index (κ1) is 20.1. The van der Waals surface area contributed by atoms with Crippen molar-refractivity contribution in [3.8, 4) is 0 Å². The molecule has 2 unspecified atom stereocenters. The SMILES string of the molecule is CCCC1(OC)C(NC(=O)CNC(C)=O)CCC[Si]1(OC)OC. The number of nitrogens with one attached hydrogen (secondary N) is 2. The first-order chi connectivity index (χ1) is 10.9. The third kappa shape index (κ3) is 4.12. The maximum Gasteiger partial charge on any atom is 0.372 e. The fraction of sp³-hybridized carbons (Fsp3) is 0.867. The van der Waals surface area contributed by atoms with E-state index in [9.17, 15) is 9.59 Å². The van der Waals surface area contributed by atoms with Gasteiger partial charge in [-0.15, -0.1) is 0 Å². The number of carbonyl (C=O) groups excluding carboxylic acids is 2. The zero-order valence-electron chi connectivity index (χ0n) is 14.9. The van der Waals surface area contributed by atoms with E-state index in [2.05, 4.69) is 17.6 Å². The largest absolute Gasteiger partial charge is 0.396 e. The van der Waals surface area contributed by atoms with Crippen molar-refractivity contribution in [1.29, 1.82) is 0 Å². The highest BCUT2D eigenvalue weighted by molar-refractivity contribution is 6.71. The molecule has 0 aromatic rings. The Bertz CT molecular complexity index is 417. The lowest BCUT2D eigenvalue weighted by Crippen LogP contribution is -2.73. The van der Waals surface area contributed by atoms with Gasteiger partial charge in [-0.05, 0) is 25.3 Å². The van der Waals surface area contributed by atoms with Crippen LogP contribution in [-0.4, -0.2) is 59.5 Å². The lowest BCUT2D eigenvalue weighted by atomic mass is 9.99. The summed E-state index contributed by atoms with van der Waals surface area (Å²) in [6, 6.07) is 0.653. The topological polar surface area (TPSA) is 85.9 Å². The van der Waals surface area contributed by atoms with Crippen LogP contribution in [0.3, 0.4) is 0 Å². The molecule has 134 valence electrons. The Morgan fingerprint density at radius 2 is 1.91 bits per heavy atom. The van der Waals surface area contributed by atoms with E-state index in [1.54, 1.807) is 21.3 Å². The Labute approximate surface area is 139 Å². The second-order valence-corrected chi connectivity index (χ2v) is 9.60. The van der Waals surface area contributed by atoms with Crippen molar-refractivity contribution in [2.45, 2.75) is 56.8 Å². The molecule has 23 heavy (non-hydrogen) atoms. The molecule has 0 aliphatic carbocycles. The minimum Gasteiger partial charge on any atom is -0.396 e. The molecule has 7 nitrogen and oxygen atoms in total. The molecule has 0 radical (unpaired) electrons. The Morgan fingerprint density at radius 3 is 2.39 bits per heavy atom. The molecule has 1 saturated heterocycles. The standard InChI is InChI=1S/C15H30N2O5Si/c1-6-9-15(20-3)13(17-14(19)11-16-12(2)18)8-7-10-23(15,21-4)22-5/h13H,6-11H2,1-5H3,(H,16,18)(H,17,19). The van der Waals surface area contributed by atoms with Crippen LogP contribution in [0, 0.1) is 0 Å². The van der Waals surface area contributed by atoms with Crippen molar-refractivity contribution < 1.29 is 23.2 Å². The van der Waals surface area contributed by atoms with Gasteiger partial charge in [0.05, 0.1) is 12.6 Å². The third-order valence-corrected chi connectivity index (χ3v) is 9.11. The van der Waals surface area contributed by atoms with Gasteiger partial charge in [-0.1, -0.05) is 13.3 Å². The molecule has 2 N–H and O–H groups in total. The van der Waals surface area contributed by atoms with Gasteiger partial charge in [0.25, 0.3) is 0 Å². The van der Waals surface area contributed by atoms with Gasteiger partial charge in [-0.25, -0.2) is 0 Å². The molecule has 0 bridgehead atoms. The quantitative estimate of drug-likeness (QED) is 0.637. The number of methoxy groups -OCH3 is 1. The fourth-order valence-corrected chi connectivity index (χ4v) is 7.70. The summed E-state index contributed by atoms with van der Waals surface area (Å²) in [5.74, 6) is -0.451. The molecule has 2 atom stereocenters. The number of carbonyl (C=O) groups is 2. The van der Waals surface area contributed by atoms with Crippen LogP contribution in [0.5, 0.6) is 0 Å². The molecule has 1 aliphatic heterocycles. The van der Waals surface area contributed by atoms with Gasteiger partial charge in [-0.3, -0.25) is 9.59 Å². The highest BCUT2D eigenvalue weighted by Crippen LogP contribution is 2.43. The highest BCUT2D eigenvalue weighted by Gasteiger charge is 2.63. The zero-order valence-corrected chi connectivity index (χ0v) is 15.9. The van der Waals surface area contributed by atoms with Gasteiger partial charge < -0.3 is 24.2 Å². The molecule has 8 heteroatoms. The Balaban J connectivity index is 3.02. The van der Waals surface area contributed by atoms with Crippen molar-refractivity contribution in [1.82, 2.24) is 10.6 Å². The molecular weight excluding hydrogens is 316 g/mol. The molecule has 1 fully saturated rings. The predicted octanol–water partition coefficient (Wildman–Crippen LogP) is 0.861. The van der Waals surface area contributed by atoms with E-state index in [4.69, 9.17) is 13.6 Å².